The number of rotatable bonds is 8. The van der Waals surface area contributed by atoms with Gasteiger partial charge in [-0.2, -0.15) is 0 Å². The number of nitrogens with two attached hydrogens (primary N) is 1. The van der Waals surface area contributed by atoms with Crippen molar-refractivity contribution in [1.82, 2.24) is 9.55 Å². The molecular formula is C24H36N4O3S. The van der Waals surface area contributed by atoms with E-state index in [1.807, 2.05) is 13.0 Å². The average Bonchev–Trinajstić information content (AvgIpc) is 3.11. The van der Waals surface area contributed by atoms with Crippen molar-refractivity contribution in [2.45, 2.75) is 85.1 Å². The second-order valence-electron chi connectivity index (χ2n) is 9.11. The monoisotopic (exact) mass is 460 g/mol. The Kier molecular flexibility index (Phi) is 8.34. The molecule has 1 aliphatic carbocycles. The number of unbranched alkanes of at least 4 members (excludes halogenated alkanes) is 1. The van der Waals surface area contributed by atoms with Crippen molar-refractivity contribution in [2.75, 3.05) is 17.2 Å². The molecule has 176 valence electrons. The molecular weight excluding hydrogens is 424 g/mol. The molecule has 3 rings (SSSR count). The van der Waals surface area contributed by atoms with Crippen LogP contribution in [0.2, 0.25) is 0 Å². The summed E-state index contributed by atoms with van der Waals surface area (Å²) < 4.78 is 1.38. The molecule has 0 aliphatic heterocycles. The minimum Gasteiger partial charge on any atom is -0.383 e. The van der Waals surface area contributed by atoms with Crippen molar-refractivity contribution in [3.63, 3.8) is 0 Å². The summed E-state index contributed by atoms with van der Waals surface area (Å²) in [5.41, 5.74) is 6.56. The zero-order chi connectivity index (χ0) is 23.3. The summed E-state index contributed by atoms with van der Waals surface area (Å²) in [4.78, 5) is 44.7. The van der Waals surface area contributed by atoms with Gasteiger partial charge in [0.15, 0.2) is 5.69 Å². The van der Waals surface area contributed by atoms with Crippen molar-refractivity contribution >= 4 is 28.7 Å². The van der Waals surface area contributed by atoms with Gasteiger partial charge in [-0.25, -0.2) is 4.79 Å². The molecule has 0 saturated heterocycles. The van der Waals surface area contributed by atoms with Crippen molar-refractivity contribution in [2.24, 2.45) is 5.92 Å². The highest BCUT2D eigenvalue weighted by atomic mass is 32.1. The van der Waals surface area contributed by atoms with E-state index in [0.717, 1.165) is 44.9 Å². The van der Waals surface area contributed by atoms with Crippen LogP contribution >= 0.6 is 11.3 Å². The minimum atomic E-state index is -0.604. The van der Waals surface area contributed by atoms with Crippen LogP contribution in [0.25, 0.3) is 0 Å². The number of aromatic nitrogens is 2. The number of H-pyrrole nitrogens is 1. The Morgan fingerprint density at radius 1 is 1.22 bits per heavy atom. The Hall–Kier alpha value is -2.35. The summed E-state index contributed by atoms with van der Waals surface area (Å²) in [7, 11) is 0. The van der Waals surface area contributed by atoms with Crippen LogP contribution in [0.1, 0.15) is 85.8 Å². The molecule has 0 aromatic carbocycles. The van der Waals surface area contributed by atoms with Gasteiger partial charge in [0.1, 0.15) is 5.82 Å². The molecule has 7 nitrogen and oxygen atoms in total. The lowest BCUT2D eigenvalue weighted by Gasteiger charge is -2.25. The summed E-state index contributed by atoms with van der Waals surface area (Å²) in [6.45, 7) is 6.96. The third kappa shape index (κ3) is 5.52. The Bertz CT molecular complexity index is 1020. The molecule has 2 aromatic rings. The predicted molar refractivity (Wildman–Crippen MR) is 132 cm³/mol. The van der Waals surface area contributed by atoms with E-state index in [9.17, 15) is 14.4 Å². The second-order valence-corrected chi connectivity index (χ2v) is 10.2. The number of amides is 1. The molecule has 8 heteroatoms. The maximum absolute atomic E-state index is 13.7. The number of nitrogens with zero attached hydrogens (tertiary/aromatic N) is 2. The number of thiophene rings is 1. The third-order valence-electron chi connectivity index (χ3n) is 6.10. The normalized spacial score (nSPS) is 14.1. The molecule has 0 radical (unpaired) electrons. The highest BCUT2D eigenvalue weighted by molar-refractivity contribution is 7.14. The molecule has 0 bridgehead atoms. The summed E-state index contributed by atoms with van der Waals surface area (Å²) in [5.74, 6) is 0.208. The number of carbonyl (C=O) groups excluding carboxylic acids is 1. The third-order valence-corrected chi connectivity index (χ3v) is 7.33. The standard InChI is InChI=1S/C24H36N4O3S/c1-4-5-13-28-21(25)20(22(29)26-24(28)31)27(14-12-16(2)3)23(30)19-15-17-10-8-6-7-9-11-18(17)32-19/h15-16H,4-14,25H2,1-3H3,(H,26,29,31). The van der Waals surface area contributed by atoms with Crippen LogP contribution in [0.15, 0.2) is 15.7 Å². The number of carbonyl (C=O) groups is 1. The molecule has 2 heterocycles. The van der Waals surface area contributed by atoms with Crippen LogP contribution in [0.5, 0.6) is 0 Å². The topological polar surface area (TPSA) is 101 Å². The maximum Gasteiger partial charge on any atom is 0.330 e. The van der Waals surface area contributed by atoms with Gasteiger partial charge in [0, 0.05) is 18.0 Å². The summed E-state index contributed by atoms with van der Waals surface area (Å²) in [6.07, 6.45) is 9.11. The van der Waals surface area contributed by atoms with Crippen molar-refractivity contribution in [3.8, 4) is 0 Å². The first kappa shape index (κ1) is 24.3. The number of nitrogens with one attached hydrogen (secondary N) is 1. The number of nitrogen functional groups attached to an aromatic ring is 1. The van der Waals surface area contributed by atoms with Crippen molar-refractivity contribution in [1.29, 1.82) is 0 Å². The molecule has 0 fully saturated rings. The van der Waals surface area contributed by atoms with E-state index < -0.39 is 11.2 Å². The van der Waals surface area contributed by atoms with Crippen molar-refractivity contribution < 1.29 is 4.79 Å². The number of hydrogen-bond donors (Lipinski definition) is 2. The zero-order valence-corrected chi connectivity index (χ0v) is 20.4. The van der Waals surface area contributed by atoms with E-state index >= 15 is 0 Å². The molecule has 0 saturated carbocycles. The lowest BCUT2D eigenvalue weighted by atomic mass is 9.99. The van der Waals surface area contributed by atoms with Crippen LogP contribution in [0.3, 0.4) is 0 Å². The highest BCUT2D eigenvalue weighted by Crippen LogP contribution is 2.31. The Labute approximate surface area is 193 Å². The van der Waals surface area contributed by atoms with Gasteiger partial charge in [-0.15, -0.1) is 11.3 Å². The summed E-state index contributed by atoms with van der Waals surface area (Å²) in [5, 5.41) is 0. The molecule has 0 unspecified atom stereocenters. The lowest BCUT2D eigenvalue weighted by molar-refractivity contribution is 0.0989. The van der Waals surface area contributed by atoms with Crippen LogP contribution in [0.4, 0.5) is 11.5 Å². The Morgan fingerprint density at radius 3 is 2.62 bits per heavy atom. The number of hydrogen-bond acceptors (Lipinski definition) is 5. The largest absolute Gasteiger partial charge is 0.383 e. The molecule has 0 spiro atoms. The van der Waals surface area contributed by atoms with Gasteiger partial charge in [0.25, 0.3) is 11.5 Å². The van der Waals surface area contributed by atoms with Crippen LogP contribution in [0, 0.1) is 5.92 Å². The number of aryl methyl sites for hydroxylation is 2. The first-order valence-corrected chi connectivity index (χ1v) is 12.7. The number of anilines is 2. The van der Waals surface area contributed by atoms with Gasteiger partial charge >= 0.3 is 5.69 Å². The smallest absolute Gasteiger partial charge is 0.330 e. The van der Waals surface area contributed by atoms with E-state index in [2.05, 4.69) is 18.8 Å². The molecule has 1 amide bonds. The molecule has 2 aromatic heterocycles. The van der Waals surface area contributed by atoms with Gasteiger partial charge in [-0.1, -0.05) is 40.0 Å². The molecule has 0 atom stereocenters. The fourth-order valence-electron chi connectivity index (χ4n) is 4.16. The maximum atomic E-state index is 13.7. The van der Waals surface area contributed by atoms with E-state index in [1.165, 1.54) is 32.7 Å². The molecule has 1 aliphatic rings. The quantitative estimate of drug-likeness (QED) is 0.612. The Balaban J connectivity index is 2.04. The van der Waals surface area contributed by atoms with Gasteiger partial charge in [0.2, 0.25) is 0 Å². The number of aromatic amines is 1. The molecule has 3 N–H and O–H groups in total. The summed E-state index contributed by atoms with van der Waals surface area (Å²) >= 11 is 1.54. The first-order valence-electron chi connectivity index (χ1n) is 11.9. The zero-order valence-electron chi connectivity index (χ0n) is 19.5. The second kappa shape index (κ2) is 11.0. The predicted octanol–water partition coefficient (Wildman–Crippen LogP) is 4.33. The lowest BCUT2D eigenvalue weighted by Crippen LogP contribution is -2.41. The molecule has 32 heavy (non-hydrogen) atoms. The fraction of sp³-hybridized carbons (Fsp3) is 0.625. The van der Waals surface area contributed by atoms with Crippen LogP contribution in [-0.4, -0.2) is 22.0 Å². The average molecular weight is 461 g/mol. The van der Waals surface area contributed by atoms with Gasteiger partial charge < -0.3 is 5.73 Å². The van der Waals surface area contributed by atoms with Crippen LogP contribution in [-0.2, 0) is 19.4 Å². The fourth-order valence-corrected chi connectivity index (χ4v) is 5.36. The van der Waals surface area contributed by atoms with E-state index in [0.29, 0.717) is 23.9 Å². The first-order chi connectivity index (χ1) is 15.3. The highest BCUT2D eigenvalue weighted by Gasteiger charge is 2.27. The summed E-state index contributed by atoms with van der Waals surface area (Å²) in [6, 6.07) is 2.01. The van der Waals surface area contributed by atoms with E-state index in [1.54, 1.807) is 11.3 Å². The van der Waals surface area contributed by atoms with Gasteiger partial charge in [0.05, 0.1) is 4.88 Å². The SMILES string of the molecule is CCCCn1c(N)c(N(CCC(C)C)C(=O)c2cc3c(s2)CCCCCC3)c(=O)[nH]c1=O. The number of fused-ring (bicyclic) bond motifs is 1. The van der Waals surface area contributed by atoms with E-state index in [-0.39, 0.29) is 17.4 Å². The van der Waals surface area contributed by atoms with Gasteiger partial charge in [-0.05, 0) is 56.1 Å². The van der Waals surface area contributed by atoms with Crippen molar-refractivity contribution in [3.05, 3.63) is 42.2 Å². The Morgan fingerprint density at radius 2 is 1.94 bits per heavy atom. The van der Waals surface area contributed by atoms with Crippen LogP contribution < -0.4 is 21.9 Å². The van der Waals surface area contributed by atoms with Gasteiger partial charge in [-0.3, -0.25) is 24.0 Å². The minimum absolute atomic E-state index is 0.0687. The van der Waals surface area contributed by atoms with E-state index in [4.69, 9.17) is 5.73 Å².